The molecule has 7 heteroatoms. The van der Waals surface area contributed by atoms with Crippen LogP contribution in [-0.4, -0.2) is 32.2 Å². The van der Waals surface area contributed by atoms with Gasteiger partial charge in [0.15, 0.2) is 0 Å². The van der Waals surface area contributed by atoms with Crippen molar-refractivity contribution in [3.63, 3.8) is 0 Å². The highest BCUT2D eigenvalue weighted by Gasteiger charge is 2.15. The Balaban J connectivity index is 2.55. The summed E-state index contributed by atoms with van der Waals surface area (Å²) in [5.41, 5.74) is 0.0674. The van der Waals surface area contributed by atoms with Gasteiger partial charge in [0.1, 0.15) is 17.7 Å². The van der Waals surface area contributed by atoms with Gasteiger partial charge in [0.05, 0.1) is 10.2 Å². The first-order chi connectivity index (χ1) is 9.45. The average Bonchev–Trinajstić information content (AvgIpc) is 2.40. The topological polar surface area (TPSA) is 50.4 Å². The summed E-state index contributed by atoms with van der Waals surface area (Å²) < 4.78 is 31.6. The van der Waals surface area contributed by atoms with Gasteiger partial charge in [-0.1, -0.05) is 0 Å². The van der Waals surface area contributed by atoms with Gasteiger partial charge in [0.2, 0.25) is 5.91 Å². The number of nitrogens with one attached hydrogen (secondary N) is 2. The summed E-state index contributed by atoms with van der Waals surface area (Å²) in [4.78, 5) is 11.8. The van der Waals surface area contributed by atoms with Crippen molar-refractivity contribution >= 4 is 27.5 Å². The van der Waals surface area contributed by atoms with Crippen LogP contribution in [0.4, 0.5) is 14.5 Å². The molecule has 2 N–H and O–H groups in total. The summed E-state index contributed by atoms with van der Waals surface area (Å²) in [6.45, 7) is 2.64. The maximum Gasteiger partial charge on any atom is 0.242 e. The molecule has 0 spiro atoms. The first-order valence-electron chi connectivity index (χ1n) is 6.13. The van der Waals surface area contributed by atoms with E-state index < -0.39 is 17.7 Å². The Hall–Kier alpha value is -1.21. The minimum absolute atomic E-state index is 0.0674. The molecule has 0 fully saturated rings. The average molecular weight is 351 g/mol. The van der Waals surface area contributed by atoms with Crippen LogP contribution in [0, 0.1) is 11.6 Å². The van der Waals surface area contributed by atoms with Gasteiger partial charge in [-0.15, -0.1) is 0 Å². The lowest BCUT2D eigenvalue weighted by molar-refractivity contribution is -0.121. The van der Waals surface area contributed by atoms with Crippen molar-refractivity contribution < 1.29 is 18.3 Å². The lowest BCUT2D eigenvalue weighted by atomic mass is 10.2. The maximum atomic E-state index is 13.5. The molecule has 1 aromatic carbocycles. The second-order valence-electron chi connectivity index (χ2n) is 4.25. The highest BCUT2D eigenvalue weighted by molar-refractivity contribution is 9.10. The fraction of sp³-hybridized carbons (Fsp3) is 0.462. The molecule has 0 saturated heterocycles. The monoisotopic (exact) mass is 350 g/mol. The molecule has 1 amide bonds. The van der Waals surface area contributed by atoms with E-state index in [1.54, 1.807) is 14.0 Å². The fourth-order valence-electron chi connectivity index (χ4n) is 1.51. The van der Waals surface area contributed by atoms with Crippen molar-refractivity contribution in [2.75, 3.05) is 25.6 Å². The largest absolute Gasteiger partial charge is 0.385 e. The van der Waals surface area contributed by atoms with Crippen LogP contribution in [0.1, 0.15) is 13.3 Å². The highest BCUT2D eigenvalue weighted by Crippen LogP contribution is 2.24. The normalized spacial score (nSPS) is 12.1. The molecular formula is C13H17BrF2N2O2. The van der Waals surface area contributed by atoms with Crippen molar-refractivity contribution in [1.82, 2.24) is 5.32 Å². The molecule has 1 unspecified atom stereocenters. The Morgan fingerprint density at radius 3 is 2.75 bits per heavy atom. The van der Waals surface area contributed by atoms with Crippen LogP contribution in [0.15, 0.2) is 16.6 Å². The molecule has 0 radical (unpaired) electrons. The summed E-state index contributed by atoms with van der Waals surface area (Å²) in [6.07, 6.45) is 0.700. The smallest absolute Gasteiger partial charge is 0.242 e. The van der Waals surface area contributed by atoms with Crippen LogP contribution in [0.5, 0.6) is 0 Å². The van der Waals surface area contributed by atoms with E-state index >= 15 is 0 Å². The maximum absolute atomic E-state index is 13.5. The third kappa shape index (κ3) is 5.05. The van der Waals surface area contributed by atoms with Crippen molar-refractivity contribution in [2.24, 2.45) is 0 Å². The zero-order valence-electron chi connectivity index (χ0n) is 11.3. The summed E-state index contributed by atoms with van der Waals surface area (Å²) in [7, 11) is 1.58. The van der Waals surface area contributed by atoms with E-state index in [0.717, 1.165) is 6.07 Å². The minimum Gasteiger partial charge on any atom is -0.385 e. The third-order valence-corrected chi connectivity index (χ3v) is 3.21. The Labute approximate surface area is 125 Å². The Kier molecular flexibility index (Phi) is 6.87. The summed E-state index contributed by atoms with van der Waals surface area (Å²) >= 11 is 2.97. The molecule has 1 rings (SSSR count). The molecular weight excluding hydrogens is 334 g/mol. The molecule has 0 bridgehead atoms. The van der Waals surface area contributed by atoms with E-state index in [2.05, 4.69) is 26.6 Å². The molecule has 20 heavy (non-hydrogen) atoms. The van der Waals surface area contributed by atoms with Crippen LogP contribution in [-0.2, 0) is 9.53 Å². The van der Waals surface area contributed by atoms with E-state index in [4.69, 9.17) is 4.74 Å². The molecule has 0 aromatic heterocycles. The summed E-state index contributed by atoms with van der Waals surface area (Å²) in [5.74, 6) is -1.70. The number of hydrogen-bond donors (Lipinski definition) is 2. The lowest BCUT2D eigenvalue weighted by Crippen LogP contribution is -2.38. The summed E-state index contributed by atoms with van der Waals surface area (Å²) in [5, 5.41) is 5.40. The van der Waals surface area contributed by atoms with Gasteiger partial charge < -0.3 is 15.4 Å². The SMILES string of the molecule is COCCCNC(=O)C(C)Nc1cc(Br)c(F)cc1F. The molecule has 0 saturated carbocycles. The predicted molar refractivity (Wildman–Crippen MR) is 76.6 cm³/mol. The molecule has 0 aliphatic carbocycles. The van der Waals surface area contributed by atoms with E-state index in [1.165, 1.54) is 6.07 Å². The number of methoxy groups -OCH3 is 1. The quantitative estimate of drug-likeness (QED) is 0.587. The number of rotatable bonds is 7. The van der Waals surface area contributed by atoms with E-state index in [1.807, 2.05) is 0 Å². The van der Waals surface area contributed by atoms with Crippen molar-refractivity contribution in [3.05, 3.63) is 28.2 Å². The van der Waals surface area contributed by atoms with Crippen molar-refractivity contribution in [3.8, 4) is 0 Å². The van der Waals surface area contributed by atoms with Crippen molar-refractivity contribution in [1.29, 1.82) is 0 Å². The number of anilines is 1. The Morgan fingerprint density at radius 2 is 2.10 bits per heavy atom. The van der Waals surface area contributed by atoms with Gasteiger partial charge in [0, 0.05) is 26.3 Å². The second kappa shape index (κ2) is 8.16. The number of halogens is 3. The molecule has 1 aromatic rings. The lowest BCUT2D eigenvalue weighted by Gasteiger charge is -2.16. The molecule has 112 valence electrons. The van der Waals surface area contributed by atoms with Gasteiger partial charge in [-0.25, -0.2) is 8.78 Å². The standard InChI is InChI=1S/C13H17BrF2N2O2/c1-8(13(19)17-4-3-5-20-2)18-12-6-9(14)10(15)7-11(12)16/h6-8,18H,3-5H2,1-2H3,(H,17,19). The Morgan fingerprint density at radius 1 is 1.40 bits per heavy atom. The zero-order valence-corrected chi connectivity index (χ0v) is 12.9. The third-order valence-electron chi connectivity index (χ3n) is 2.60. The molecule has 0 aliphatic heterocycles. The van der Waals surface area contributed by atoms with Crippen LogP contribution < -0.4 is 10.6 Å². The molecule has 0 aliphatic rings. The van der Waals surface area contributed by atoms with E-state index in [-0.39, 0.29) is 16.1 Å². The number of benzene rings is 1. The molecule has 1 atom stereocenters. The van der Waals surface area contributed by atoms with Gasteiger partial charge >= 0.3 is 0 Å². The van der Waals surface area contributed by atoms with Gasteiger partial charge in [-0.05, 0) is 35.3 Å². The number of carbonyl (C=O) groups excluding carboxylic acids is 1. The van der Waals surface area contributed by atoms with Crippen LogP contribution in [0.2, 0.25) is 0 Å². The van der Waals surface area contributed by atoms with Crippen LogP contribution >= 0.6 is 15.9 Å². The minimum atomic E-state index is -0.746. The number of amides is 1. The highest BCUT2D eigenvalue weighted by atomic mass is 79.9. The number of hydrogen-bond acceptors (Lipinski definition) is 3. The first-order valence-corrected chi connectivity index (χ1v) is 6.92. The summed E-state index contributed by atoms with van der Waals surface area (Å²) in [6, 6.07) is 1.39. The van der Waals surface area contributed by atoms with Crippen LogP contribution in [0.25, 0.3) is 0 Å². The van der Waals surface area contributed by atoms with Gasteiger partial charge in [-0.2, -0.15) is 0 Å². The fourth-order valence-corrected chi connectivity index (χ4v) is 1.86. The van der Waals surface area contributed by atoms with Crippen molar-refractivity contribution in [2.45, 2.75) is 19.4 Å². The first kappa shape index (κ1) is 16.8. The van der Waals surface area contributed by atoms with E-state index in [9.17, 15) is 13.6 Å². The van der Waals surface area contributed by atoms with E-state index in [0.29, 0.717) is 19.6 Å². The van der Waals surface area contributed by atoms with Gasteiger partial charge in [-0.3, -0.25) is 4.79 Å². The second-order valence-corrected chi connectivity index (χ2v) is 5.10. The van der Waals surface area contributed by atoms with Gasteiger partial charge in [0.25, 0.3) is 0 Å². The number of carbonyl (C=O) groups is 1. The zero-order chi connectivity index (χ0) is 15.1. The molecule has 0 heterocycles. The predicted octanol–water partition coefficient (Wildman–Crippen LogP) is 2.68. The molecule has 4 nitrogen and oxygen atoms in total. The Bertz CT molecular complexity index is 472. The number of ether oxygens (including phenoxy) is 1. The van der Waals surface area contributed by atoms with Crippen LogP contribution in [0.3, 0.4) is 0 Å².